The fraction of sp³-hybridized carbons (Fsp3) is 0.316. The van der Waals surface area contributed by atoms with Crippen LogP contribution in [0.1, 0.15) is 28.7 Å². The number of carbonyl (C=O) groups is 1. The van der Waals surface area contributed by atoms with Crippen molar-refractivity contribution in [2.24, 2.45) is 0 Å². The summed E-state index contributed by atoms with van der Waals surface area (Å²) in [7, 11) is 1.76. The molecule has 2 aromatic heterocycles. The summed E-state index contributed by atoms with van der Waals surface area (Å²) in [6.07, 6.45) is 3.68. The molecule has 1 amide bonds. The number of ether oxygens (including phenoxy) is 1. The van der Waals surface area contributed by atoms with Crippen LogP contribution in [0.25, 0.3) is 0 Å². The maximum Gasteiger partial charge on any atom is 0.274 e. The van der Waals surface area contributed by atoms with E-state index in [0.29, 0.717) is 23.0 Å². The van der Waals surface area contributed by atoms with E-state index in [4.69, 9.17) is 16.3 Å². The molecular weight excluding hydrogens is 366 g/mol. The molecule has 27 heavy (non-hydrogen) atoms. The fourth-order valence-electron chi connectivity index (χ4n) is 2.64. The van der Waals surface area contributed by atoms with Crippen molar-refractivity contribution in [1.82, 2.24) is 24.5 Å². The van der Waals surface area contributed by atoms with Crippen LogP contribution in [0, 0.1) is 6.92 Å². The van der Waals surface area contributed by atoms with E-state index in [1.165, 1.54) is 0 Å². The van der Waals surface area contributed by atoms with Crippen molar-refractivity contribution in [3.63, 3.8) is 0 Å². The number of carbonyl (C=O) groups excluding carboxylic acids is 1. The van der Waals surface area contributed by atoms with Gasteiger partial charge in [0.15, 0.2) is 12.4 Å². The number of halogens is 1. The highest BCUT2D eigenvalue weighted by Crippen LogP contribution is 2.17. The second kappa shape index (κ2) is 8.26. The average molecular weight is 388 g/mol. The van der Waals surface area contributed by atoms with Crippen molar-refractivity contribution in [1.29, 1.82) is 0 Å². The van der Waals surface area contributed by atoms with Gasteiger partial charge in [0.25, 0.3) is 5.91 Å². The summed E-state index contributed by atoms with van der Waals surface area (Å²) in [5, 5.41) is 9.32. The number of nitrogens with zero attached hydrogens (tertiary/aromatic N) is 5. The van der Waals surface area contributed by atoms with E-state index in [1.807, 2.05) is 36.9 Å². The van der Waals surface area contributed by atoms with E-state index in [-0.39, 0.29) is 12.6 Å². The predicted octanol–water partition coefficient (Wildman–Crippen LogP) is 3.37. The van der Waals surface area contributed by atoms with Gasteiger partial charge in [-0.3, -0.25) is 9.48 Å². The zero-order chi connectivity index (χ0) is 19.4. The first-order valence-electron chi connectivity index (χ1n) is 8.66. The Hall–Kier alpha value is -2.80. The first-order valence-corrected chi connectivity index (χ1v) is 9.04. The Bertz CT molecular complexity index is 934. The van der Waals surface area contributed by atoms with Gasteiger partial charge in [-0.15, -0.1) is 0 Å². The van der Waals surface area contributed by atoms with Gasteiger partial charge in [-0.25, -0.2) is 4.68 Å². The Kier molecular flexibility index (Phi) is 5.81. The van der Waals surface area contributed by atoms with Crippen molar-refractivity contribution in [2.45, 2.75) is 33.7 Å². The minimum absolute atomic E-state index is 0.153. The van der Waals surface area contributed by atoms with Crippen LogP contribution in [0.5, 0.6) is 5.75 Å². The lowest BCUT2D eigenvalue weighted by Crippen LogP contribution is -2.27. The molecular formula is C19H22ClN5O2. The van der Waals surface area contributed by atoms with Crippen LogP contribution in [-0.2, 0) is 19.8 Å². The minimum Gasteiger partial charge on any atom is -0.471 e. The second-order valence-corrected chi connectivity index (χ2v) is 6.66. The maximum atomic E-state index is 12.6. The fourth-order valence-corrected chi connectivity index (χ4v) is 2.82. The van der Waals surface area contributed by atoms with E-state index in [1.54, 1.807) is 41.0 Å². The third kappa shape index (κ3) is 4.68. The number of rotatable bonds is 7. The van der Waals surface area contributed by atoms with Crippen LogP contribution in [0.15, 0.2) is 42.7 Å². The molecule has 0 saturated heterocycles. The number of amides is 1. The summed E-state index contributed by atoms with van der Waals surface area (Å²) in [5.41, 5.74) is 2.32. The van der Waals surface area contributed by atoms with Gasteiger partial charge in [0.1, 0.15) is 5.75 Å². The molecule has 142 valence electrons. The second-order valence-electron chi connectivity index (χ2n) is 6.23. The average Bonchev–Trinajstić information content (AvgIpc) is 3.26. The summed E-state index contributed by atoms with van der Waals surface area (Å²) in [5.74, 6) is 0.492. The molecule has 8 heteroatoms. The van der Waals surface area contributed by atoms with Crippen molar-refractivity contribution in [3.8, 4) is 5.75 Å². The summed E-state index contributed by atoms with van der Waals surface area (Å²) in [6, 6.07) is 8.81. The van der Waals surface area contributed by atoms with Gasteiger partial charge >= 0.3 is 0 Å². The van der Waals surface area contributed by atoms with Crippen LogP contribution in [-0.4, -0.2) is 37.4 Å². The lowest BCUT2D eigenvalue weighted by atomic mass is 10.2. The molecule has 0 fully saturated rings. The zero-order valence-corrected chi connectivity index (χ0v) is 16.3. The number of hydrogen-bond acceptors (Lipinski definition) is 4. The number of aryl methyl sites for hydroxylation is 2. The molecule has 1 aromatic carbocycles. The van der Waals surface area contributed by atoms with Crippen LogP contribution < -0.4 is 4.74 Å². The topological polar surface area (TPSA) is 65.2 Å². The van der Waals surface area contributed by atoms with Crippen molar-refractivity contribution >= 4 is 17.5 Å². The van der Waals surface area contributed by atoms with E-state index in [0.717, 1.165) is 17.8 Å². The summed E-state index contributed by atoms with van der Waals surface area (Å²) < 4.78 is 9.07. The Morgan fingerprint density at radius 3 is 2.78 bits per heavy atom. The molecule has 0 spiro atoms. The number of aromatic nitrogens is 4. The first-order chi connectivity index (χ1) is 13.0. The highest BCUT2D eigenvalue weighted by molar-refractivity contribution is 6.30. The SMILES string of the molecule is CCn1cc(CN(C)C(=O)c2ccn(COc3cccc(Cl)c3)n2)c(C)n1. The van der Waals surface area contributed by atoms with E-state index in [9.17, 15) is 4.79 Å². The van der Waals surface area contributed by atoms with Crippen LogP contribution >= 0.6 is 11.6 Å². The van der Waals surface area contributed by atoms with Crippen LogP contribution in [0.4, 0.5) is 0 Å². The normalized spacial score (nSPS) is 10.8. The maximum absolute atomic E-state index is 12.6. The van der Waals surface area contributed by atoms with E-state index < -0.39 is 0 Å². The van der Waals surface area contributed by atoms with Crippen molar-refractivity contribution in [3.05, 3.63) is 64.7 Å². The highest BCUT2D eigenvalue weighted by Gasteiger charge is 2.17. The summed E-state index contributed by atoms with van der Waals surface area (Å²) in [6.45, 7) is 5.46. The predicted molar refractivity (Wildman–Crippen MR) is 103 cm³/mol. The Balaban J connectivity index is 1.60. The molecule has 7 nitrogen and oxygen atoms in total. The zero-order valence-electron chi connectivity index (χ0n) is 15.6. The summed E-state index contributed by atoms with van der Waals surface area (Å²) in [4.78, 5) is 14.3. The number of hydrogen-bond donors (Lipinski definition) is 0. The third-order valence-electron chi connectivity index (χ3n) is 4.15. The van der Waals surface area contributed by atoms with Gasteiger partial charge in [-0.05, 0) is 38.1 Å². The molecule has 0 aliphatic carbocycles. The molecule has 0 saturated carbocycles. The molecule has 3 rings (SSSR count). The quantitative estimate of drug-likeness (QED) is 0.623. The van der Waals surface area contributed by atoms with Gasteiger partial charge < -0.3 is 9.64 Å². The van der Waals surface area contributed by atoms with Gasteiger partial charge in [0.2, 0.25) is 0 Å². The molecule has 0 aliphatic heterocycles. The van der Waals surface area contributed by atoms with Gasteiger partial charge in [-0.1, -0.05) is 17.7 Å². The van der Waals surface area contributed by atoms with Gasteiger partial charge in [0.05, 0.1) is 5.69 Å². The van der Waals surface area contributed by atoms with E-state index in [2.05, 4.69) is 10.2 Å². The lowest BCUT2D eigenvalue weighted by Gasteiger charge is -2.15. The molecule has 3 aromatic rings. The van der Waals surface area contributed by atoms with Gasteiger partial charge in [-0.2, -0.15) is 10.2 Å². The van der Waals surface area contributed by atoms with Crippen LogP contribution in [0.3, 0.4) is 0 Å². The number of benzene rings is 1. The molecule has 0 unspecified atom stereocenters. The molecule has 0 atom stereocenters. The molecule has 0 aliphatic rings. The molecule has 0 radical (unpaired) electrons. The van der Waals surface area contributed by atoms with Crippen LogP contribution in [0.2, 0.25) is 5.02 Å². The van der Waals surface area contributed by atoms with Crippen molar-refractivity contribution in [2.75, 3.05) is 7.05 Å². The highest BCUT2D eigenvalue weighted by atomic mass is 35.5. The molecule has 0 bridgehead atoms. The first kappa shape index (κ1) is 19.0. The lowest BCUT2D eigenvalue weighted by molar-refractivity contribution is 0.0777. The monoisotopic (exact) mass is 387 g/mol. The third-order valence-corrected chi connectivity index (χ3v) is 4.38. The Morgan fingerprint density at radius 2 is 2.07 bits per heavy atom. The minimum atomic E-state index is -0.153. The standard InChI is InChI=1S/C19H22ClN5O2/c1-4-24-12-15(14(2)21-24)11-23(3)19(26)18-8-9-25(22-18)13-27-17-7-5-6-16(20)10-17/h5-10,12H,4,11,13H2,1-3H3. The Labute approximate surface area is 163 Å². The largest absolute Gasteiger partial charge is 0.471 e. The molecule has 0 N–H and O–H groups in total. The molecule has 2 heterocycles. The smallest absolute Gasteiger partial charge is 0.274 e. The summed E-state index contributed by atoms with van der Waals surface area (Å²) >= 11 is 5.94. The Morgan fingerprint density at radius 1 is 1.26 bits per heavy atom. The van der Waals surface area contributed by atoms with Gasteiger partial charge in [0, 0.05) is 43.1 Å². The van der Waals surface area contributed by atoms with E-state index >= 15 is 0 Å². The van der Waals surface area contributed by atoms with Crippen molar-refractivity contribution < 1.29 is 9.53 Å².